The van der Waals surface area contributed by atoms with Crippen LogP contribution in [0.1, 0.15) is 130 Å². The number of aromatic nitrogens is 13. The van der Waals surface area contributed by atoms with Crippen molar-refractivity contribution in [3.8, 4) is 68.2 Å². The van der Waals surface area contributed by atoms with Crippen molar-refractivity contribution >= 4 is 101 Å². The lowest BCUT2D eigenvalue weighted by molar-refractivity contribution is 0.0524. The Kier molecular flexibility index (Phi) is 29.5. The number of carbonyl (C=O) groups excluding carboxylic acids is 1. The minimum atomic E-state index is -1.06. The van der Waals surface area contributed by atoms with Crippen LogP contribution in [0, 0.1) is 24.4 Å². The van der Waals surface area contributed by atoms with E-state index >= 15 is 0 Å². The molecule has 0 spiro atoms. The van der Waals surface area contributed by atoms with E-state index in [4.69, 9.17) is 55.1 Å². The van der Waals surface area contributed by atoms with Gasteiger partial charge in [0.05, 0.1) is 72.1 Å². The Balaban J connectivity index is 0.000000139. The monoisotopic (exact) mass is 1860 g/mol. The minimum Gasteiger partial charge on any atom is -0.490 e. The van der Waals surface area contributed by atoms with Gasteiger partial charge < -0.3 is 58.2 Å². The number of anilines is 3. The molecule has 36 heteroatoms. The maximum absolute atomic E-state index is 13.5. The van der Waals surface area contributed by atoms with Crippen LogP contribution in [-0.4, -0.2) is 175 Å². The van der Waals surface area contributed by atoms with Crippen LogP contribution in [0.15, 0.2) is 195 Å². The van der Waals surface area contributed by atoms with Crippen molar-refractivity contribution in [2.75, 3.05) is 60.6 Å². The molecule has 0 radical (unpaired) electrons. The van der Waals surface area contributed by atoms with Gasteiger partial charge in [0.15, 0.2) is 17.5 Å². The number of aryl methyl sites for hydroxylation is 1. The molecule has 16 rings (SSSR count). The number of pyridine rings is 4. The second kappa shape index (κ2) is 41.2. The number of aromatic carboxylic acids is 3. The van der Waals surface area contributed by atoms with Crippen molar-refractivity contribution in [1.82, 2.24) is 65.7 Å². The minimum absolute atomic E-state index is 0.00766. The van der Waals surface area contributed by atoms with Gasteiger partial charge in [0, 0.05) is 173 Å². The van der Waals surface area contributed by atoms with E-state index in [1.165, 1.54) is 91.8 Å². The maximum Gasteiger partial charge on any atom is 0.339 e. The second-order valence-corrected chi connectivity index (χ2v) is 31.3. The average molecular weight is 1860 g/mol. The lowest BCUT2D eigenvalue weighted by Crippen LogP contribution is -2.39. The summed E-state index contributed by atoms with van der Waals surface area (Å²) in [4.78, 5) is 76.3. The first-order valence-corrected chi connectivity index (χ1v) is 41.2. The van der Waals surface area contributed by atoms with E-state index in [0.717, 1.165) is 121 Å². The normalized spacial score (nSPS) is 15.6. The first-order chi connectivity index (χ1) is 58.5. The zero-order chi connectivity index (χ0) is 85.1. The fraction of sp³-hybridized carbons (Fsp3) is 0.282. The van der Waals surface area contributed by atoms with Crippen molar-refractivity contribution in [3.63, 3.8) is 0 Å². The molecule has 1 aliphatic carbocycles. The zero-order valence-electron chi connectivity index (χ0n) is 64.9. The number of esters is 1. The Bertz CT molecular complexity index is 5430. The summed E-state index contributed by atoms with van der Waals surface area (Å²) < 4.78 is 77.1. The van der Waals surface area contributed by atoms with E-state index in [9.17, 15) is 32.3 Å². The number of rotatable bonds is 21. The summed E-state index contributed by atoms with van der Waals surface area (Å²) in [7, 11) is 0. The molecule has 4 aromatic carbocycles. The van der Waals surface area contributed by atoms with Gasteiger partial charge in [0.2, 0.25) is 5.95 Å². The second-order valence-electron chi connectivity index (χ2n) is 28.3. The summed E-state index contributed by atoms with van der Waals surface area (Å²) in [6.07, 6.45) is 21.2. The fourth-order valence-corrected chi connectivity index (χ4v) is 14.7. The molecule has 3 saturated heterocycles. The summed E-state index contributed by atoms with van der Waals surface area (Å²) in [5.41, 5.74) is 5.52. The molecule has 12 aromatic rings. The van der Waals surface area contributed by atoms with Crippen LogP contribution < -0.4 is 33.6 Å². The van der Waals surface area contributed by atoms with Gasteiger partial charge in [-0.25, -0.2) is 37.3 Å². The predicted molar refractivity (Wildman–Crippen MR) is 450 cm³/mol. The predicted octanol–water partition coefficient (Wildman–Crippen LogP) is 17.3. The van der Waals surface area contributed by atoms with E-state index in [1.807, 2.05) is 54.3 Å². The standard InChI is InChI=1S/C23H22BrFN4O3.C21H18BrClN4O3.C21H20FN3O4.C20H17BrFN5O3/c1-2-31-23(30)16-11-15(13-26-14-16)20-5-6-22(28-27-20)29-9-7-18(8-10-29)32-21-12-17(25)3-4-19(21)24;22-15-1-2-17(23)19(10-15)30-16-5-7-27(8-6-16)20-4-3-18(25-26-20)13-9-14(21(28)29)12-24-11-13;1-12-2-5-16(22)9-18(12)28-17-6-3-13(4-7-17)19-24-20(29-25-19)14-8-15(21(26)27)11-23-10-14;21-16-2-1-14(22)8-18(16)30-15-3-5-27(6-4-15)20-24-11-17(25-26-20)12-7-13(19(28)29)10-23-9-12/h3-6,11-14,18H,2,7-10H2,1H3;1-4,9-12,16H,5-8H2,(H,28,29);2,5,8-11,13,17H,3-4,6-7H2,1H3,(H,26,27);1-2,7-11,15H,3-6H2,(H,28,29). The van der Waals surface area contributed by atoms with Crippen molar-refractivity contribution < 1.29 is 75.9 Å². The van der Waals surface area contributed by atoms with Gasteiger partial charge in [-0.05, 0) is 174 Å². The lowest BCUT2D eigenvalue weighted by Gasteiger charge is -2.32. The van der Waals surface area contributed by atoms with Gasteiger partial charge in [0.1, 0.15) is 64.5 Å². The van der Waals surface area contributed by atoms with Crippen LogP contribution in [0.5, 0.6) is 23.0 Å². The van der Waals surface area contributed by atoms with Gasteiger partial charge in [0.25, 0.3) is 5.89 Å². The number of carboxylic acids is 3. The number of piperidine rings is 3. The summed E-state index contributed by atoms with van der Waals surface area (Å²) in [5, 5.41) is 57.6. The Morgan fingerprint density at radius 1 is 0.455 bits per heavy atom. The van der Waals surface area contributed by atoms with Crippen molar-refractivity contribution in [3.05, 3.63) is 247 Å². The first-order valence-electron chi connectivity index (χ1n) is 38.4. The fourth-order valence-electron chi connectivity index (χ4n) is 13.5. The number of carbonyl (C=O) groups is 4. The van der Waals surface area contributed by atoms with E-state index in [1.54, 1.807) is 49.8 Å². The number of carboxylic acid groups (broad SMARTS) is 3. The van der Waals surface area contributed by atoms with Crippen molar-refractivity contribution in [2.45, 2.75) is 108 Å². The third kappa shape index (κ3) is 23.7. The van der Waals surface area contributed by atoms with E-state index < -0.39 is 23.9 Å². The topological polar surface area (TPSA) is 366 Å². The molecule has 0 bridgehead atoms. The van der Waals surface area contributed by atoms with Gasteiger partial charge in [-0.15, -0.1) is 30.6 Å². The number of benzene rings is 4. The Hall–Kier alpha value is -12.2. The molecule has 3 aliphatic heterocycles. The quantitative estimate of drug-likeness (QED) is 0.0562. The molecule has 121 heavy (non-hydrogen) atoms. The molecule has 0 amide bonds. The largest absolute Gasteiger partial charge is 0.490 e. The Labute approximate surface area is 721 Å². The summed E-state index contributed by atoms with van der Waals surface area (Å²) in [5.74, 6) is 0.787. The van der Waals surface area contributed by atoms with Gasteiger partial charge in [-0.1, -0.05) is 38.8 Å². The van der Waals surface area contributed by atoms with Gasteiger partial charge in [-0.3, -0.25) is 19.9 Å². The van der Waals surface area contributed by atoms with Crippen molar-refractivity contribution in [1.29, 1.82) is 0 Å². The molecular weight excluding hydrogens is 1790 g/mol. The van der Waals surface area contributed by atoms with Gasteiger partial charge in [-0.2, -0.15) is 4.98 Å². The van der Waals surface area contributed by atoms with E-state index in [2.05, 4.69) is 123 Å². The summed E-state index contributed by atoms with van der Waals surface area (Å²) in [6, 6.07) is 32.6. The Morgan fingerprint density at radius 2 is 0.884 bits per heavy atom. The number of nitrogens with zero attached hydrogens (tertiary/aromatic N) is 16. The van der Waals surface area contributed by atoms with E-state index in [-0.39, 0.29) is 70.4 Å². The molecule has 624 valence electrons. The SMILES string of the molecule is CCOC(=O)c1cncc(-c2ccc(N3CCC(Oc4cc(F)ccc4Br)CC3)nn2)c1.Cc1ccc(F)cc1OC1CCC(c2noc(-c3cncc(C(=O)O)c3)n2)CC1.O=C(O)c1cncc(-c2ccc(N3CCC(Oc4cc(Br)ccc4Cl)CC3)nn2)c1.O=C(O)c1cncc(-c2cnc(N3CCC(Oc4cc(F)ccc4Br)CC3)nn2)c1. The highest BCUT2D eigenvalue weighted by Crippen LogP contribution is 2.38. The molecule has 1 saturated carbocycles. The van der Waals surface area contributed by atoms with Crippen LogP contribution >= 0.6 is 59.4 Å². The molecule has 0 unspecified atom stereocenters. The third-order valence-corrected chi connectivity index (χ3v) is 22.0. The van der Waals surface area contributed by atoms with Crippen LogP contribution in [0.2, 0.25) is 5.02 Å². The molecule has 29 nitrogen and oxygen atoms in total. The molecule has 8 aromatic heterocycles. The molecule has 4 aliphatic rings. The Morgan fingerprint density at radius 3 is 1.36 bits per heavy atom. The average Bonchev–Trinajstić information content (AvgIpc) is 1.80. The molecular formula is C85H77Br3ClF3N16O13. The lowest BCUT2D eigenvalue weighted by atomic mass is 9.87. The van der Waals surface area contributed by atoms with Crippen LogP contribution in [-0.2, 0) is 4.74 Å². The highest BCUT2D eigenvalue weighted by Gasteiger charge is 2.31. The number of hydrogen-bond acceptors (Lipinski definition) is 26. The maximum atomic E-state index is 13.5. The van der Waals surface area contributed by atoms with Crippen LogP contribution in [0.4, 0.5) is 30.8 Å². The smallest absolute Gasteiger partial charge is 0.339 e. The zero-order valence-corrected chi connectivity index (χ0v) is 70.4. The summed E-state index contributed by atoms with van der Waals surface area (Å²) in [6.45, 7) is 8.41. The molecule has 3 N–H and O–H groups in total. The first kappa shape index (κ1) is 86.6. The molecule has 4 fully saturated rings. The van der Waals surface area contributed by atoms with Gasteiger partial charge >= 0.3 is 23.9 Å². The van der Waals surface area contributed by atoms with Crippen LogP contribution in [0.3, 0.4) is 0 Å². The number of ether oxygens (including phenoxy) is 5. The molecule has 0 atom stereocenters. The third-order valence-electron chi connectivity index (χ3n) is 19.9. The van der Waals surface area contributed by atoms with Crippen molar-refractivity contribution in [2.24, 2.45) is 0 Å². The molecule has 11 heterocycles. The van der Waals surface area contributed by atoms with Crippen LogP contribution in [0.25, 0.3) is 45.2 Å². The highest BCUT2D eigenvalue weighted by atomic mass is 79.9. The highest BCUT2D eigenvalue weighted by molar-refractivity contribution is 9.11. The summed E-state index contributed by atoms with van der Waals surface area (Å²) >= 11 is 16.4. The van der Waals surface area contributed by atoms with E-state index in [0.29, 0.717) is 104 Å². The number of halogens is 7. The number of hydrogen-bond donors (Lipinski definition) is 3.